The van der Waals surface area contributed by atoms with Crippen LogP contribution in [0, 0.1) is 5.82 Å². The SMILES string of the molecule is COc1ccc2c(N3CCN(c4ccc(F)cc4)CC3)ncnc2c1. The fourth-order valence-electron chi connectivity index (χ4n) is 3.23. The molecule has 1 saturated heterocycles. The van der Waals surface area contributed by atoms with E-state index in [0.29, 0.717) is 0 Å². The van der Waals surface area contributed by atoms with Crippen molar-refractivity contribution in [1.29, 1.82) is 0 Å². The molecule has 0 amide bonds. The van der Waals surface area contributed by atoms with E-state index >= 15 is 0 Å². The Morgan fingerprint density at radius 1 is 0.920 bits per heavy atom. The van der Waals surface area contributed by atoms with Crippen molar-refractivity contribution >= 4 is 22.4 Å². The van der Waals surface area contributed by atoms with Crippen LogP contribution < -0.4 is 14.5 Å². The first-order valence-corrected chi connectivity index (χ1v) is 8.29. The van der Waals surface area contributed by atoms with E-state index in [2.05, 4.69) is 19.8 Å². The van der Waals surface area contributed by atoms with Crippen molar-refractivity contribution < 1.29 is 9.13 Å². The molecule has 0 bridgehead atoms. The molecule has 1 aliphatic rings. The zero-order valence-corrected chi connectivity index (χ0v) is 14.0. The van der Waals surface area contributed by atoms with E-state index in [9.17, 15) is 4.39 Å². The summed E-state index contributed by atoms with van der Waals surface area (Å²) in [4.78, 5) is 13.4. The predicted octanol–water partition coefficient (Wildman–Crippen LogP) is 3.10. The third kappa shape index (κ3) is 3.07. The molecule has 4 rings (SSSR count). The minimum Gasteiger partial charge on any atom is -0.497 e. The molecule has 1 fully saturated rings. The maximum atomic E-state index is 13.1. The molecule has 128 valence electrons. The van der Waals surface area contributed by atoms with E-state index in [1.54, 1.807) is 13.4 Å². The van der Waals surface area contributed by atoms with Crippen LogP contribution in [0.15, 0.2) is 48.8 Å². The lowest BCUT2D eigenvalue weighted by atomic mass is 10.2. The number of halogens is 1. The Bertz CT molecular complexity index is 876. The van der Waals surface area contributed by atoms with Crippen LogP contribution in [-0.2, 0) is 0 Å². The van der Waals surface area contributed by atoms with Crippen LogP contribution in [0.25, 0.3) is 10.9 Å². The maximum Gasteiger partial charge on any atom is 0.140 e. The minimum atomic E-state index is -0.203. The number of fused-ring (bicyclic) bond motifs is 1. The summed E-state index contributed by atoms with van der Waals surface area (Å²) in [6.45, 7) is 3.45. The Labute approximate surface area is 145 Å². The number of piperazine rings is 1. The first-order chi connectivity index (χ1) is 12.2. The Morgan fingerprint density at radius 3 is 2.36 bits per heavy atom. The zero-order valence-electron chi connectivity index (χ0n) is 14.0. The standard InChI is InChI=1S/C19H19FN4O/c1-25-16-6-7-17-18(12-16)21-13-22-19(17)24-10-8-23(9-11-24)15-4-2-14(20)3-5-15/h2-7,12-13H,8-11H2,1H3. The molecule has 0 N–H and O–H groups in total. The summed E-state index contributed by atoms with van der Waals surface area (Å²) in [7, 11) is 1.65. The molecule has 0 unspecified atom stereocenters. The Kier molecular flexibility index (Phi) is 4.09. The molecule has 1 aromatic heterocycles. The highest BCUT2D eigenvalue weighted by atomic mass is 19.1. The third-order valence-corrected chi connectivity index (χ3v) is 4.59. The van der Waals surface area contributed by atoms with Gasteiger partial charge in [-0.1, -0.05) is 0 Å². The van der Waals surface area contributed by atoms with Crippen molar-refractivity contribution in [1.82, 2.24) is 9.97 Å². The summed E-state index contributed by atoms with van der Waals surface area (Å²) >= 11 is 0. The number of benzene rings is 2. The van der Waals surface area contributed by atoms with Crippen molar-refractivity contribution in [3.05, 3.63) is 54.6 Å². The average Bonchev–Trinajstić information content (AvgIpc) is 2.68. The largest absolute Gasteiger partial charge is 0.497 e. The summed E-state index contributed by atoms with van der Waals surface area (Å²) in [5.74, 6) is 1.54. The molecule has 2 heterocycles. The smallest absolute Gasteiger partial charge is 0.140 e. The number of rotatable bonds is 3. The van der Waals surface area contributed by atoms with E-state index < -0.39 is 0 Å². The Balaban J connectivity index is 1.54. The molecule has 0 saturated carbocycles. The van der Waals surface area contributed by atoms with Gasteiger partial charge in [-0.2, -0.15) is 0 Å². The molecule has 1 aliphatic heterocycles. The highest BCUT2D eigenvalue weighted by Gasteiger charge is 2.20. The topological polar surface area (TPSA) is 41.5 Å². The van der Waals surface area contributed by atoms with Gasteiger partial charge in [0.2, 0.25) is 0 Å². The average molecular weight is 338 g/mol. The second kappa shape index (κ2) is 6.55. The second-order valence-corrected chi connectivity index (χ2v) is 6.03. The van der Waals surface area contributed by atoms with Gasteiger partial charge in [0, 0.05) is 43.3 Å². The molecule has 0 spiro atoms. The summed E-state index contributed by atoms with van der Waals surface area (Å²) in [5.41, 5.74) is 1.93. The van der Waals surface area contributed by atoms with Crippen molar-refractivity contribution in [2.75, 3.05) is 43.1 Å². The lowest BCUT2D eigenvalue weighted by Crippen LogP contribution is -2.46. The van der Waals surface area contributed by atoms with Gasteiger partial charge in [0.05, 0.1) is 12.6 Å². The first-order valence-electron chi connectivity index (χ1n) is 8.29. The highest BCUT2D eigenvalue weighted by Crippen LogP contribution is 2.27. The summed E-state index contributed by atoms with van der Waals surface area (Å²) in [6, 6.07) is 12.5. The van der Waals surface area contributed by atoms with Crippen LogP contribution >= 0.6 is 0 Å². The fraction of sp³-hybridized carbons (Fsp3) is 0.263. The van der Waals surface area contributed by atoms with E-state index in [0.717, 1.165) is 54.3 Å². The second-order valence-electron chi connectivity index (χ2n) is 6.03. The number of hydrogen-bond acceptors (Lipinski definition) is 5. The van der Waals surface area contributed by atoms with E-state index in [-0.39, 0.29) is 5.82 Å². The van der Waals surface area contributed by atoms with E-state index in [1.165, 1.54) is 12.1 Å². The number of aromatic nitrogens is 2. The Hall–Kier alpha value is -2.89. The van der Waals surface area contributed by atoms with E-state index in [1.807, 2.05) is 30.3 Å². The Morgan fingerprint density at radius 2 is 1.64 bits per heavy atom. The monoisotopic (exact) mass is 338 g/mol. The first kappa shape index (κ1) is 15.6. The van der Waals surface area contributed by atoms with Gasteiger partial charge in [-0.25, -0.2) is 14.4 Å². The van der Waals surface area contributed by atoms with E-state index in [4.69, 9.17) is 4.74 Å². The highest BCUT2D eigenvalue weighted by molar-refractivity contribution is 5.90. The van der Waals surface area contributed by atoms with Gasteiger partial charge in [0.15, 0.2) is 0 Å². The van der Waals surface area contributed by atoms with Crippen LogP contribution in [0.1, 0.15) is 0 Å². The van der Waals surface area contributed by atoms with Gasteiger partial charge >= 0.3 is 0 Å². The van der Waals surface area contributed by atoms with Crippen molar-refractivity contribution in [3.63, 3.8) is 0 Å². The predicted molar refractivity (Wildman–Crippen MR) is 96.9 cm³/mol. The number of ether oxygens (including phenoxy) is 1. The molecule has 0 aliphatic carbocycles. The molecule has 5 nitrogen and oxygen atoms in total. The number of hydrogen-bond donors (Lipinski definition) is 0. The van der Waals surface area contributed by atoms with Crippen LogP contribution in [0.3, 0.4) is 0 Å². The lowest BCUT2D eigenvalue weighted by Gasteiger charge is -2.37. The van der Waals surface area contributed by atoms with Crippen molar-refractivity contribution in [2.45, 2.75) is 0 Å². The van der Waals surface area contributed by atoms with Crippen molar-refractivity contribution in [2.24, 2.45) is 0 Å². The maximum absolute atomic E-state index is 13.1. The van der Waals surface area contributed by atoms with Gasteiger partial charge < -0.3 is 14.5 Å². The fourth-order valence-corrected chi connectivity index (χ4v) is 3.23. The van der Waals surface area contributed by atoms with Gasteiger partial charge in [0.1, 0.15) is 23.7 Å². The van der Waals surface area contributed by atoms with Crippen LogP contribution in [0.2, 0.25) is 0 Å². The van der Waals surface area contributed by atoms with Crippen LogP contribution in [0.5, 0.6) is 5.75 Å². The van der Waals surface area contributed by atoms with Crippen molar-refractivity contribution in [3.8, 4) is 5.75 Å². The van der Waals surface area contributed by atoms with Crippen LogP contribution in [-0.4, -0.2) is 43.3 Å². The van der Waals surface area contributed by atoms with Gasteiger partial charge in [-0.15, -0.1) is 0 Å². The number of nitrogens with zero attached hydrogens (tertiary/aromatic N) is 4. The molecular formula is C19H19FN4O. The number of methoxy groups -OCH3 is 1. The quantitative estimate of drug-likeness (QED) is 0.734. The van der Waals surface area contributed by atoms with Crippen LogP contribution in [0.4, 0.5) is 15.9 Å². The third-order valence-electron chi connectivity index (χ3n) is 4.59. The van der Waals surface area contributed by atoms with Gasteiger partial charge in [0.25, 0.3) is 0 Å². The van der Waals surface area contributed by atoms with Gasteiger partial charge in [-0.3, -0.25) is 0 Å². The lowest BCUT2D eigenvalue weighted by molar-refractivity contribution is 0.415. The molecule has 3 aromatic rings. The molecule has 6 heteroatoms. The molecular weight excluding hydrogens is 319 g/mol. The normalized spacial score (nSPS) is 14.8. The number of anilines is 2. The van der Waals surface area contributed by atoms with Gasteiger partial charge in [-0.05, 0) is 36.4 Å². The minimum absolute atomic E-state index is 0.203. The molecule has 2 aromatic carbocycles. The molecule has 25 heavy (non-hydrogen) atoms. The molecule has 0 radical (unpaired) electrons. The zero-order chi connectivity index (χ0) is 17.2. The summed E-state index contributed by atoms with van der Waals surface area (Å²) in [6.07, 6.45) is 1.60. The molecule has 0 atom stereocenters. The summed E-state index contributed by atoms with van der Waals surface area (Å²) < 4.78 is 18.4. The summed E-state index contributed by atoms with van der Waals surface area (Å²) in [5, 5.41) is 1.03.